The lowest BCUT2D eigenvalue weighted by Gasteiger charge is -2.27. The second kappa shape index (κ2) is 8.12. The Hall–Kier alpha value is -2.65. The van der Waals surface area contributed by atoms with Gasteiger partial charge in [0.05, 0.1) is 22.1 Å². The topological polar surface area (TPSA) is 91.8 Å². The molecule has 2 aromatic carbocycles. The number of hydrogen-bond acceptors (Lipinski definition) is 5. The summed E-state index contributed by atoms with van der Waals surface area (Å²) < 4.78 is 51.8. The zero-order valence-corrected chi connectivity index (χ0v) is 18.6. The Kier molecular flexibility index (Phi) is 5.65. The fourth-order valence-electron chi connectivity index (χ4n) is 4.20. The molecule has 2 aliphatic rings. The first-order chi connectivity index (χ1) is 14.7. The van der Waals surface area contributed by atoms with E-state index in [1.807, 2.05) is 12.1 Å². The van der Waals surface area contributed by atoms with Crippen LogP contribution in [0.3, 0.4) is 0 Å². The number of para-hydroxylation sites is 1. The first-order valence-corrected chi connectivity index (χ1v) is 13.3. The van der Waals surface area contributed by atoms with E-state index < -0.39 is 31.8 Å². The minimum absolute atomic E-state index is 0.0349. The van der Waals surface area contributed by atoms with E-state index in [1.165, 1.54) is 21.3 Å². The maximum atomic E-state index is 13.3. The molecule has 0 N–H and O–H groups in total. The first kappa shape index (κ1) is 21.6. The average Bonchev–Trinajstić information content (AvgIpc) is 3.35. The Labute approximate surface area is 183 Å². The molecule has 1 atom stereocenters. The normalized spacial score (nSPS) is 19.7. The lowest BCUT2D eigenvalue weighted by Crippen LogP contribution is -2.41. The van der Waals surface area contributed by atoms with E-state index in [1.54, 1.807) is 30.3 Å². The summed E-state index contributed by atoms with van der Waals surface area (Å²) in [6, 6.07) is 12.9. The third kappa shape index (κ3) is 4.12. The Morgan fingerprint density at radius 3 is 2.68 bits per heavy atom. The fraction of sp³-hybridized carbons (Fsp3) is 0.318. The van der Waals surface area contributed by atoms with Crippen LogP contribution < -0.4 is 4.31 Å². The van der Waals surface area contributed by atoms with Crippen LogP contribution in [0, 0.1) is 0 Å². The molecule has 1 amide bonds. The predicted molar refractivity (Wildman–Crippen MR) is 119 cm³/mol. The number of hydrogen-bond donors (Lipinski definition) is 0. The summed E-state index contributed by atoms with van der Waals surface area (Å²) in [6.07, 6.45) is 2.55. The second-order valence-corrected chi connectivity index (χ2v) is 11.9. The van der Waals surface area contributed by atoms with Crippen molar-refractivity contribution in [2.45, 2.75) is 23.8 Å². The number of sulfonamides is 1. The van der Waals surface area contributed by atoms with Crippen molar-refractivity contribution < 1.29 is 21.6 Å². The summed E-state index contributed by atoms with van der Waals surface area (Å²) in [6.45, 7) is 4.21. The highest BCUT2D eigenvalue weighted by Crippen LogP contribution is 2.33. The molecule has 0 bridgehead atoms. The summed E-state index contributed by atoms with van der Waals surface area (Å²) >= 11 is 0. The van der Waals surface area contributed by atoms with Gasteiger partial charge in [0, 0.05) is 24.7 Å². The molecule has 2 aliphatic heterocycles. The van der Waals surface area contributed by atoms with Crippen LogP contribution in [0.5, 0.6) is 0 Å². The summed E-state index contributed by atoms with van der Waals surface area (Å²) in [5, 5.41) is 0. The zero-order valence-electron chi connectivity index (χ0n) is 17.0. The molecule has 1 unspecified atom stereocenters. The molecule has 1 fully saturated rings. The molecule has 1 saturated heterocycles. The van der Waals surface area contributed by atoms with Crippen molar-refractivity contribution >= 4 is 31.5 Å². The highest BCUT2D eigenvalue weighted by Gasteiger charge is 2.35. The van der Waals surface area contributed by atoms with Gasteiger partial charge in [0.2, 0.25) is 0 Å². The quantitative estimate of drug-likeness (QED) is 0.617. The molecular weight excluding hydrogens is 436 g/mol. The van der Waals surface area contributed by atoms with Gasteiger partial charge in [-0.25, -0.2) is 16.8 Å². The molecule has 9 heteroatoms. The van der Waals surface area contributed by atoms with Crippen molar-refractivity contribution in [3.8, 4) is 0 Å². The Morgan fingerprint density at radius 2 is 1.97 bits per heavy atom. The van der Waals surface area contributed by atoms with Crippen molar-refractivity contribution in [3.63, 3.8) is 0 Å². The van der Waals surface area contributed by atoms with Crippen LogP contribution in [0.1, 0.15) is 22.3 Å². The van der Waals surface area contributed by atoms with E-state index >= 15 is 0 Å². The average molecular weight is 461 g/mol. The summed E-state index contributed by atoms with van der Waals surface area (Å²) in [7, 11) is -7.01. The molecule has 7 nitrogen and oxygen atoms in total. The van der Waals surface area contributed by atoms with E-state index in [2.05, 4.69) is 6.58 Å². The van der Waals surface area contributed by atoms with Crippen LogP contribution in [-0.4, -0.2) is 58.3 Å². The van der Waals surface area contributed by atoms with Crippen LogP contribution in [0.15, 0.2) is 66.1 Å². The summed E-state index contributed by atoms with van der Waals surface area (Å²) in [5.74, 6) is -0.447. The van der Waals surface area contributed by atoms with Gasteiger partial charge in [0.15, 0.2) is 9.84 Å². The molecule has 0 saturated carbocycles. The minimum Gasteiger partial charge on any atom is -0.331 e. The monoisotopic (exact) mass is 460 g/mol. The third-order valence-corrected chi connectivity index (χ3v) is 9.31. The molecule has 2 heterocycles. The maximum absolute atomic E-state index is 13.3. The number of sulfone groups is 1. The zero-order chi connectivity index (χ0) is 22.2. The fourth-order valence-corrected chi connectivity index (χ4v) is 7.48. The van der Waals surface area contributed by atoms with E-state index in [-0.39, 0.29) is 28.5 Å². The van der Waals surface area contributed by atoms with E-state index in [0.29, 0.717) is 25.1 Å². The Bertz CT molecular complexity index is 1240. The number of benzene rings is 2. The van der Waals surface area contributed by atoms with Gasteiger partial charge in [-0.05, 0) is 42.7 Å². The Balaban J connectivity index is 1.65. The van der Waals surface area contributed by atoms with Gasteiger partial charge in [-0.2, -0.15) is 0 Å². The smallest absolute Gasteiger partial charge is 0.264 e. The van der Waals surface area contributed by atoms with Gasteiger partial charge in [-0.15, -0.1) is 6.58 Å². The number of amides is 1. The highest BCUT2D eigenvalue weighted by atomic mass is 32.2. The van der Waals surface area contributed by atoms with E-state index in [0.717, 1.165) is 5.56 Å². The van der Waals surface area contributed by atoms with Gasteiger partial charge in [0.25, 0.3) is 15.9 Å². The van der Waals surface area contributed by atoms with Gasteiger partial charge >= 0.3 is 0 Å². The highest BCUT2D eigenvalue weighted by molar-refractivity contribution is 7.93. The van der Waals surface area contributed by atoms with E-state index in [4.69, 9.17) is 0 Å². The Morgan fingerprint density at radius 1 is 1.19 bits per heavy atom. The second-order valence-electron chi connectivity index (χ2n) is 7.79. The van der Waals surface area contributed by atoms with Gasteiger partial charge in [0.1, 0.15) is 0 Å². The number of anilines is 1. The lowest BCUT2D eigenvalue weighted by molar-refractivity contribution is 0.0720. The summed E-state index contributed by atoms with van der Waals surface area (Å²) in [5.41, 5.74) is 1.83. The van der Waals surface area contributed by atoms with Crippen molar-refractivity contribution in [3.05, 3.63) is 72.3 Å². The van der Waals surface area contributed by atoms with E-state index in [9.17, 15) is 21.6 Å². The number of fused-ring (bicyclic) bond motifs is 1. The molecule has 0 radical (unpaired) electrons. The van der Waals surface area contributed by atoms with Crippen LogP contribution in [-0.2, 0) is 26.3 Å². The molecule has 164 valence electrons. The molecule has 4 rings (SSSR count). The molecule has 2 aromatic rings. The predicted octanol–water partition coefficient (Wildman–Crippen LogP) is 2.25. The van der Waals surface area contributed by atoms with Crippen molar-refractivity contribution in [1.82, 2.24) is 4.90 Å². The molecule has 0 aromatic heterocycles. The number of nitrogens with zero attached hydrogens (tertiary/aromatic N) is 2. The number of rotatable bonds is 6. The molecular formula is C22H24N2O5S2. The lowest BCUT2D eigenvalue weighted by atomic mass is 10.1. The first-order valence-electron chi connectivity index (χ1n) is 10.1. The number of carbonyl (C=O) groups is 1. The van der Waals surface area contributed by atoms with Crippen LogP contribution in [0.4, 0.5) is 5.69 Å². The van der Waals surface area contributed by atoms with Gasteiger partial charge < -0.3 is 4.90 Å². The van der Waals surface area contributed by atoms with Crippen molar-refractivity contribution in [1.29, 1.82) is 0 Å². The number of carbonyl (C=O) groups excluding carboxylic acids is 1. The van der Waals surface area contributed by atoms with Crippen molar-refractivity contribution in [2.24, 2.45) is 0 Å². The molecule has 0 aliphatic carbocycles. The SMILES string of the molecule is C=CCN(C(=O)c1cccc(S(=O)(=O)N2CCc3ccccc32)c1)C1CCS(=O)(=O)C1. The third-order valence-electron chi connectivity index (χ3n) is 5.75. The van der Waals surface area contributed by atoms with Crippen LogP contribution in [0.2, 0.25) is 0 Å². The largest absolute Gasteiger partial charge is 0.331 e. The maximum Gasteiger partial charge on any atom is 0.264 e. The van der Waals surface area contributed by atoms with Gasteiger partial charge in [-0.3, -0.25) is 9.10 Å². The van der Waals surface area contributed by atoms with Crippen LogP contribution in [0.25, 0.3) is 0 Å². The minimum atomic E-state index is -3.84. The van der Waals surface area contributed by atoms with Gasteiger partial charge in [-0.1, -0.05) is 30.3 Å². The summed E-state index contributed by atoms with van der Waals surface area (Å²) in [4.78, 5) is 14.7. The molecule has 31 heavy (non-hydrogen) atoms. The van der Waals surface area contributed by atoms with Crippen molar-refractivity contribution in [2.75, 3.05) is 28.9 Å². The molecule has 0 spiro atoms. The standard InChI is InChI=1S/C22H24N2O5S2/c1-2-12-23(19-11-14-30(26,27)16-19)22(25)18-7-5-8-20(15-18)31(28,29)24-13-10-17-6-3-4-9-21(17)24/h2-9,15,19H,1,10-14,16H2. The van der Waals surface area contributed by atoms with Crippen LogP contribution >= 0.6 is 0 Å².